The van der Waals surface area contributed by atoms with E-state index in [1.165, 1.54) is 0 Å². The van der Waals surface area contributed by atoms with Crippen molar-refractivity contribution in [2.24, 2.45) is 0 Å². The summed E-state index contributed by atoms with van der Waals surface area (Å²) in [5.41, 5.74) is 3.72. The molecule has 0 aliphatic rings. The Kier molecular flexibility index (Phi) is 7.93. The van der Waals surface area contributed by atoms with Crippen molar-refractivity contribution in [3.63, 3.8) is 0 Å². The summed E-state index contributed by atoms with van der Waals surface area (Å²) in [6.07, 6.45) is 0. The second kappa shape index (κ2) is 11.0. The first-order valence-corrected chi connectivity index (χ1v) is 14.4. The first kappa shape index (κ1) is 27.4. The fourth-order valence-corrected chi connectivity index (χ4v) is 6.09. The lowest BCUT2D eigenvalue weighted by molar-refractivity contribution is 0.102. The number of benzene rings is 4. The average molecular weight is 530 g/mol. The lowest BCUT2D eigenvalue weighted by atomic mass is 9.89. The molecule has 38 heavy (non-hydrogen) atoms. The van der Waals surface area contributed by atoms with Crippen LogP contribution in [0.2, 0.25) is 0 Å². The lowest BCUT2D eigenvalue weighted by Gasteiger charge is -2.22. The normalized spacial score (nSPS) is 11.9. The van der Waals surface area contributed by atoms with Gasteiger partial charge >= 0.3 is 10.1 Å². The zero-order valence-corrected chi connectivity index (χ0v) is 23.6. The maximum Gasteiger partial charge on any atom is 0.339 e. The highest BCUT2D eigenvalue weighted by Gasteiger charge is 2.28. The summed E-state index contributed by atoms with van der Waals surface area (Å²) in [4.78, 5) is 13.0. The van der Waals surface area contributed by atoms with Crippen molar-refractivity contribution in [2.75, 3.05) is 5.32 Å². The van der Waals surface area contributed by atoms with Gasteiger partial charge in [0.2, 0.25) is 0 Å². The van der Waals surface area contributed by atoms with Gasteiger partial charge in [-0.25, -0.2) is 0 Å². The van der Waals surface area contributed by atoms with Gasteiger partial charge in [0.1, 0.15) is 10.6 Å². The van der Waals surface area contributed by atoms with Crippen molar-refractivity contribution in [3.05, 3.63) is 101 Å². The quantitative estimate of drug-likeness (QED) is 0.233. The van der Waals surface area contributed by atoms with Crippen molar-refractivity contribution in [1.82, 2.24) is 0 Å². The third-order valence-corrected chi connectivity index (χ3v) is 8.04. The Balaban J connectivity index is 1.58. The van der Waals surface area contributed by atoms with Crippen LogP contribution < -0.4 is 9.50 Å². The molecule has 0 saturated heterocycles. The highest BCUT2D eigenvalue weighted by atomic mass is 32.2. The Bertz CT molecular complexity index is 1540. The van der Waals surface area contributed by atoms with Crippen molar-refractivity contribution in [3.8, 4) is 5.75 Å². The molecule has 0 bridgehead atoms. The third-order valence-electron chi connectivity index (χ3n) is 6.66. The van der Waals surface area contributed by atoms with Crippen LogP contribution in [0.5, 0.6) is 5.75 Å². The van der Waals surface area contributed by atoms with E-state index < -0.39 is 10.1 Å². The molecular formula is C32H35NO4S. The number of anilines is 1. The van der Waals surface area contributed by atoms with E-state index in [4.69, 9.17) is 4.18 Å². The van der Waals surface area contributed by atoms with Gasteiger partial charge in [-0.05, 0) is 81.6 Å². The van der Waals surface area contributed by atoms with E-state index in [2.05, 4.69) is 19.2 Å². The van der Waals surface area contributed by atoms with Gasteiger partial charge in [0.05, 0.1) is 0 Å². The lowest BCUT2D eigenvalue weighted by Crippen LogP contribution is -2.17. The Morgan fingerprint density at radius 2 is 1.29 bits per heavy atom. The summed E-state index contributed by atoms with van der Waals surface area (Å²) < 4.78 is 32.8. The number of carbonyl (C=O) groups excluding carboxylic acids is 1. The largest absolute Gasteiger partial charge is 0.379 e. The summed E-state index contributed by atoms with van der Waals surface area (Å²) in [5, 5.41) is 4.91. The number of amides is 1. The second-order valence-electron chi connectivity index (χ2n) is 10.6. The van der Waals surface area contributed by atoms with Crippen LogP contribution in [0.4, 0.5) is 5.69 Å². The molecule has 4 aromatic rings. The molecule has 0 aliphatic heterocycles. The molecule has 0 fully saturated rings. The van der Waals surface area contributed by atoms with Crippen LogP contribution in [0.25, 0.3) is 10.8 Å². The molecule has 0 spiro atoms. The molecule has 6 heteroatoms. The third kappa shape index (κ3) is 5.91. The predicted octanol–water partition coefficient (Wildman–Crippen LogP) is 8.23. The van der Waals surface area contributed by atoms with E-state index in [1.54, 1.807) is 30.3 Å². The van der Waals surface area contributed by atoms with Gasteiger partial charge in [-0.3, -0.25) is 4.79 Å². The van der Waals surface area contributed by atoms with Gasteiger partial charge in [-0.1, -0.05) is 84.0 Å². The van der Waals surface area contributed by atoms with E-state index in [-0.39, 0.29) is 34.3 Å². The van der Waals surface area contributed by atoms with Gasteiger partial charge in [0.15, 0.2) is 0 Å². The van der Waals surface area contributed by atoms with Crippen LogP contribution in [-0.4, -0.2) is 14.3 Å². The SMILES string of the molecule is CC(C)c1cc(C(C)C)c(S(=O)(=O)Oc2ccc(NC(=O)c3ccc4ccccc4c3)cc2)c(C(C)C)c1. The van der Waals surface area contributed by atoms with Crippen LogP contribution in [0.15, 0.2) is 83.8 Å². The molecule has 0 heterocycles. The molecule has 4 aromatic carbocycles. The fourth-order valence-electron chi connectivity index (χ4n) is 4.47. The second-order valence-corrected chi connectivity index (χ2v) is 12.1. The molecule has 0 atom stereocenters. The summed E-state index contributed by atoms with van der Waals surface area (Å²) >= 11 is 0. The summed E-state index contributed by atoms with van der Waals surface area (Å²) in [6, 6.07) is 23.8. The Morgan fingerprint density at radius 3 is 1.84 bits per heavy atom. The first-order chi connectivity index (χ1) is 18.0. The van der Waals surface area contributed by atoms with Crippen molar-refractivity contribution >= 4 is 32.5 Å². The summed E-state index contributed by atoms with van der Waals surface area (Å²) in [6.45, 7) is 12.2. The number of rotatable bonds is 8. The number of carbonyl (C=O) groups is 1. The number of hydrogen-bond acceptors (Lipinski definition) is 4. The molecule has 0 aliphatic carbocycles. The summed E-state index contributed by atoms with van der Waals surface area (Å²) in [7, 11) is -4.09. The molecule has 198 valence electrons. The number of fused-ring (bicyclic) bond motifs is 1. The average Bonchev–Trinajstić information content (AvgIpc) is 2.88. The Hall–Kier alpha value is -3.64. The van der Waals surface area contributed by atoms with Gasteiger partial charge in [0.25, 0.3) is 5.91 Å². The van der Waals surface area contributed by atoms with Crippen molar-refractivity contribution in [2.45, 2.75) is 64.2 Å². The summed E-state index contributed by atoms with van der Waals surface area (Å²) in [5.74, 6) is 0.232. The topological polar surface area (TPSA) is 72.5 Å². The van der Waals surface area contributed by atoms with Gasteiger partial charge in [-0.15, -0.1) is 0 Å². The molecule has 0 radical (unpaired) electrons. The van der Waals surface area contributed by atoms with Crippen LogP contribution in [0.3, 0.4) is 0 Å². The van der Waals surface area contributed by atoms with Crippen LogP contribution in [-0.2, 0) is 10.1 Å². The van der Waals surface area contributed by atoms with Gasteiger partial charge in [-0.2, -0.15) is 8.42 Å². The van der Waals surface area contributed by atoms with Crippen LogP contribution in [0.1, 0.15) is 86.3 Å². The minimum Gasteiger partial charge on any atom is -0.379 e. The van der Waals surface area contributed by atoms with E-state index in [1.807, 2.05) is 76.2 Å². The Labute approximate surface area is 226 Å². The van der Waals surface area contributed by atoms with E-state index in [9.17, 15) is 13.2 Å². The van der Waals surface area contributed by atoms with Gasteiger partial charge < -0.3 is 9.50 Å². The molecule has 1 amide bonds. The van der Waals surface area contributed by atoms with Crippen LogP contribution in [0, 0.1) is 0 Å². The van der Waals surface area contributed by atoms with E-state index >= 15 is 0 Å². The predicted molar refractivity (Wildman–Crippen MR) is 155 cm³/mol. The monoisotopic (exact) mass is 529 g/mol. The standard InChI is InChI=1S/C32H35NO4S/c1-20(2)26-18-29(21(3)4)31(30(19-26)22(5)6)38(35,36)37-28-15-13-27(14-16-28)33-32(34)25-12-11-23-9-7-8-10-24(23)17-25/h7-22H,1-6H3,(H,33,34). The maximum absolute atomic E-state index is 13.6. The molecule has 5 nitrogen and oxygen atoms in total. The van der Waals surface area contributed by atoms with E-state index in [0.717, 1.165) is 27.5 Å². The minimum atomic E-state index is -4.09. The highest BCUT2D eigenvalue weighted by Crippen LogP contribution is 2.36. The smallest absolute Gasteiger partial charge is 0.339 e. The molecule has 0 aromatic heterocycles. The number of nitrogens with one attached hydrogen (secondary N) is 1. The van der Waals surface area contributed by atoms with Crippen molar-refractivity contribution in [1.29, 1.82) is 0 Å². The number of hydrogen-bond donors (Lipinski definition) is 1. The Morgan fingerprint density at radius 1 is 0.711 bits per heavy atom. The zero-order chi connectivity index (χ0) is 27.6. The zero-order valence-electron chi connectivity index (χ0n) is 22.8. The first-order valence-electron chi connectivity index (χ1n) is 13.0. The molecule has 1 N–H and O–H groups in total. The highest BCUT2D eigenvalue weighted by molar-refractivity contribution is 7.87. The maximum atomic E-state index is 13.6. The van der Waals surface area contributed by atoms with Gasteiger partial charge in [0, 0.05) is 11.3 Å². The van der Waals surface area contributed by atoms with Crippen molar-refractivity contribution < 1.29 is 17.4 Å². The fraction of sp³-hybridized carbons (Fsp3) is 0.281. The van der Waals surface area contributed by atoms with Crippen LogP contribution >= 0.6 is 0 Å². The molecule has 4 rings (SSSR count). The molecular weight excluding hydrogens is 494 g/mol. The molecule has 0 unspecified atom stereocenters. The van der Waals surface area contributed by atoms with E-state index in [0.29, 0.717) is 11.3 Å². The minimum absolute atomic E-state index is 0.00673. The molecule has 0 saturated carbocycles.